The summed E-state index contributed by atoms with van der Waals surface area (Å²) in [6, 6.07) is 6.19. The molecule has 13 heavy (non-hydrogen) atoms. The van der Waals surface area contributed by atoms with Crippen molar-refractivity contribution in [2.75, 3.05) is 17.6 Å². The van der Waals surface area contributed by atoms with Crippen LogP contribution in [0.2, 0.25) is 0 Å². The molecule has 1 aromatic rings. The first-order chi connectivity index (χ1) is 6.31. The fraction of sp³-hybridized carbons (Fsp3) is 0.455. The Bertz CT molecular complexity index is 307. The molecule has 0 unspecified atom stereocenters. The molecule has 0 aromatic heterocycles. The number of hydrogen-bond donors (Lipinski definition) is 2. The van der Waals surface area contributed by atoms with Crippen molar-refractivity contribution in [3.63, 3.8) is 0 Å². The smallest absolute Gasteiger partial charge is 0.0396 e. The number of anilines is 2. The molecule has 0 bridgehead atoms. The van der Waals surface area contributed by atoms with Gasteiger partial charge in [-0.15, -0.1) is 0 Å². The van der Waals surface area contributed by atoms with Crippen LogP contribution in [0.25, 0.3) is 0 Å². The summed E-state index contributed by atoms with van der Waals surface area (Å²) in [6.45, 7) is 3.32. The van der Waals surface area contributed by atoms with Gasteiger partial charge < -0.3 is 11.1 Å². The molecule has 1 aliphatic heterocycles. The molecule has 0 spiro atoms. The number of nitrogens with two attached hydrogens (primary N) is 1. The van der Waals surface area contributed by atoms with E-state index in [2.05, 4.69) is 18.3 Å². The van der Waals surface area contributed by atoms with Gasteiger partial charge in [0.1, 0.15) is 0 Å². The summed E-state index contributed by atoms with van der Waals surface area (Å²) in [5.41, 5.74) is 9.25. The van der Waals surface area contributed by atoms with Gasteiger partial charge in [-0.3, -0.25) is 0 Å². The van der Waals surface area contributed by atoms with E-state index < -0.39 is 0 Å². The van der Waals surface area contributed by atoms with E-state index in [1.54, 1.807) is 0 Å². The first kappa shape index (κ1) is 8.42. The summed E-state index contributed by atoms with van der Waals surface area (Å²) in [7, 11) is 0. The third kappa shape index (κ3) is 1.48. The zero-order chi connectivity index (χ0) is 9.26. The molecule has 0 radical (unpaired) electrons. The minimum absolute atomic E-state index is 0.719. The predicted octanol–water partition coefficient (Wildman–Crippen LogP) is 2.58. The zero-order valence-electron chi connectivity index (χ0n) is 8.01. The molecule has 1 aliphatic rings. The van der Waals surface area contributed by atoms with Crippen molar-refractivity contribution in [3.05, 3.63) is 23.8 Å². The standard InChI is InChI=1S/C11H16N2/c1-2-8-5-6-13-11-7-9(12)3-4-10(8)11/h3-4,7-8,13H,2,5-6,12H2,1H3/t8-/m1/s1. The Morgan fingerprint density at radius 2 is 2.38 bits per heavy atom. The van der Waals surface area contributed by atoms with Crippen LogP contribution in [0.5, 0.6) is 0 Å². The molecule has 1 atom stereocenters. The number of hydrogen-bond acceptors (Lipinski definition) is 2. The number of fused-ring (bicyclic) bond motifs is 1. The van der Waals surface area contributed by atoms with Gasteiger partial charge in [-0.2, -0.15) is 0 Å². The number of nitrogens with one attached hydrogen (secondary N) is 1. The van der Waals surface area contributed by atoms with E-state index in [9.17, 15) is 0 Å². The quantitative estimate of drug-likeness (QED) is 0.645. The van der Waals surface area contributed by atoms with E-state index in [-0.39, 0.29) is 0 Å². The Balaban J connectivity index is 2.40. The molecule has 2 rings (SSSR count). The molecule has 2 nitrogen and oxygen atoms in total. The molecule has 0 saturated carbocycles. The summed E-state index contributed by atoms with van der Waals surface area (Å²) in [5.74, 6) is 0.719. The van der Waals surface area contributed by atoms with E-state index in [1.165, 1.54) is 24.1 Å². The van der Waals surface area contributed by atoms with Crippen LogP contribution < -0.4 is 11.1 Å². The highest BCUT2D eigenvalue weighted by atomic mass is 14.9. The maximum absolute atomic E-state index is 5.73. The Kier molecular flexibility index (Phi) is 2.13. The average Bonchev–Trinajstić information content (AvgIpc) is 2.16. The molecule has 70 valence electrons. The fourth-order valence-corrected chi connectivity index (χ4v) is 2.04. The number of nitrogen functional groups attached to an aromatic ring is 1. The van der Waals surface area contributed by atoms with Gasteiger partial charge in [0.2, 0.25) is 0 Å². The Morgan fingerprint density at radius 1 is 1.54 bits per heavy atom. The SMILES string of the molecule is CC[C@@H]1CCNc2cc(N)ccc21. The highest BCUT2D eigenvalue weighted by Gasteiger charge is 2.17. The number of benzene rings is 1. The first-order valence-corrected chi connectivity index (χ1v) is 4.94. The van der Waals surface area contributed by atoms with Gasteiger partial charge in [-0.05, 0) is 36.5 Å². The molecule has 1 aromatic carbocycles. The van der Waals surface area contributed by atoms with Crippen LogP contribution in [0, 0.1) is 0 Å². The van der Waals surface area contributed by atoms with Gasteiger partial charge in [0, 0.05) is 17.9 Å². The highest BCUT2D eigenvalue weighted by molar-refractivity contribution is 5.61. The van der Waals surface area contributed by atoms with Crippen LogP contribution in [0.4, 0.5) is 11.4 Å². The van der Waals surface area contributed by atoms with Crippen molar-refractivity contribution >= 4 is 11.4 Å². The Labute approximate surface area is 79.1 Å². The second kappa shape index (κ2) is 3.29. The van der Waals surface area contributed by atoms with Crippen molar-refractivity contribution in [2.45, 2.75) is 25.7 Å². The molecule has 1 heterocycles. The summed E-state index contributed by atoms with van der Waals surface area (Å²) >= 11 is 0. The lowest BCUT2D eigenvalue weighted by Crippen LogP contribution is -2.16. The van der Waals surface area contributed by atoms with E-state index in [4.69, 9.17) is 5.73 Å². The fourth-order valence-electron chi connectivity index (χ4n) is 2.04. The van der Waals surface area contributed by atoms with Crippen LogP contribution in [0.15, 0.2) is 18.2 Å². The molecular formula is C11H16N2. The normalized spacial score (nSPS) is 20.5. The summed E-state index contributed by atoms with van der Waals surface area (Å²) in [4.78, 5) is 0. The van der Waals surface area contributed by atoms with Crippen molar-refractivity contribution in [2.24, 2.45) is 0 Å². The second-order valence-electron chi connectivity index (χ2n) is 3.67. The Morgan fingerprint density at radius 3 is 3.15 bits per heavy atom. The largest absolute Gasteiger partial charge is 0.399 e. The monoisotopic (exact) mass is 176 g/mol. The highest BCUT2D eigenvalue weighted by Crippen LogP contribution is 2.34. The van der Waals surface area contributed by atoms with E-state index in [0.29, 0.717) is 0 Å². The lowest BCUT2D eigenvalue weighted by molar-refractivity contribution is 0.609. The minimum Gasteiger partial charge on any atom is -0.399 e. The van der Waals surface area contributed by atoms with Crippen LogP contribution in [-0.2, 0) is 0 Å². The maximum Gasteiger partial charge on any atom is 0.0396 e. The topological polar surface area (TPSA) is 38.0 Å². The molecule has 0 saturated heterocycles. The van der Waals surface area contributed by atoms with Crippen molar-refractivity contribution in [1.29, 1.82) is 0 Å². The second-order valence-corrected chi connectivity index (χ2v) is 3.67. The van der Waals surface area contributed by atoms with Crippen molar-refractivity contribution in [1.82, 2.24) is 0 Å². The van der Waals surface area contributed by atoms with Gasteiger partial charge in [0.05, 0.1) is 0 Å². The van der Waals surface area contributed by atoms with E-state index in [1.807, 2.05) is 12.1 Å². The molecular weight excluding hydrogens is 160 g/mol. The van der Waals surface area contributed by atoms with Gasteiger partial charge in [-0.25, -0.2) is 0 Å². The van der Waals surface area contributed by atoms with Crippen LogP contribution >= 0.6 is 0 Å². The lowest BCUT2D eigenvalue weighted by atomic mass is 9.89. The summed E-state index contributed by atoms with van der Waals surface area (Å²) in [5, 5.41) is 3.39. The van der Waals surface area contributed by atoms with Crippen molar-refractivity contribution < 1.29 is 0 Å². The number of rotatable bonds is 1. The summed E-state index contributed by atoms with van der Waals surface area (Å²) in [6.07, 6.45) is 2.46. The van der Waals surface area contributed by atoms with Gasteiger partial charge in [0.15, 0.2) is 0 Å². The molecule has 2 heteroatoms. The minimum atomic E-state index is 0.719. The van der Waals surface area contributed by atoms with Gasteiger partial charge in [-0.1, -0.05) is 13.0 Å². The maximum atomic E-state index is 5.73. The average molecular weight is 176 g/mol. The third-order valence-electron chi connectivity index (χ3n) is 2.82. The van der Waals surface area contributed by atoms with Crippen LogP contribution in [0.1, 0.15) is 31.2 Å². The van der Waals surface area contributed by atoms with E-state index >= 15 is 0 Å². The summed E-state index contributed by atoms with van der Waals surface area (Å²) < 4.78 is 0. The molecule has 0 aliphatic carbocycles. The van der Waals surface area contributed by atoms with Crippen LogP contribution in [-0.4, -0.2) is 6.54 Å². The lowest BCUT2D eigenvalue weighted by Gasteiger charge is -2.25. The zero-order valence-corrected chi connectivity index (χ0v) is 8.01. The van der Waals surface area contributed by atoms with Crippen molar-refractivity contribution in [3.8, 4) is 0 Å². The first-order valence-electron chi connectivity index (χ1n) is 4.94. The molecule has 3 N–H and O–H groups in total. The van der Waals surface area contributed by atoms with Crippen LogP contribution in [0.3, 0.4) is 0 Å². The van der Waals surface area contributed by atoms with Gasteiger partial charge in [0.25, 0.3) is 0 Å². The predicted molar refractivity (Wildman–Crippen MR) is 57.0 cm³/mol. The third-order valence-corrected chi connectivity index (χ3v) is 2.82. The molecule has 0 fully saturated rings. The van der Waals surface area contributed by atoms with E-state index in [0.717, 1.165) is 18.2 Å². The van der Waals surface area contributed by atoms with Gasteiger partial charge >= 0.3 is 0 Å². The molecule has 0 amide bonds. The Hall–Kier alpha value is -1.18.